The standard InChI is InChI=1S/C44H41FN2/c1-30-12-14-31(15-13-30)43(2,3)32-16-20-36(21-17-32)47(35-10-8-7-9-11-35)38-25-27-40-39-26-24-37(28-41(39)44(4,5)42(40)29-38)46(6)34-22-18-33(45)19-23-34/h7-29H,1-6H3. The Hall–Kier alpha value is -5.15. The summed E-state index contributed by atoms with van der Waals surface area (Å²) in [6, 6.07) is 48.8. The fraction of sp³-hybridized carbons (Fsp3) is 0.182. The maximum absolute atomic E-state index is 13.6. The number of fused-ring (bicyclic) bond motifs is 3. The lowest BCUT2D eigenvalue weighted by Gasteiger charge is -2.30. The van der Waals surface area contributed by atoms with Crippen LogP contribution < -0.4 is 9.80 Å². The van der Waals surface area contributed by atoms with Gasteiger partial charge in [0.2, 0.25) is 0 Å². The van der Waals surface area contributed by atoms with E-state index in [1.54, 1.807) is 0 Å². The Kier molecular flexibility index (Phi) is 7.51. The van der Waals surface area contributed by atoms with Crippen LogP contribution >= 0.6 is 0 Å². The van der Waals surface area contributed by atoms with E-state index in [-0.39, 0.29) is 16.6 Å². The van der Waals surface area contributed by atoms with Gasteiger partial charge in [0.25, 0.3) is 0 Å². The first-order chi connectivity index (χ1) is 22.5. The second-order valence-electron chi connectivity index (χ2n) is 13.8. The highest BCUT2D eigenvalue weighted by atomic mass is 19.1. The van der Waals surface area contributed by atoms with Crippen molar-refractivity contribution in [2.75, 3.05) is 16.8 Å². The van der Waals surface area contributed by atoms with Gasteiger partial charge in [0.15, 0.2) is 0 Å². The molecule has 47 heavy (non-hydrogen) atoms. The summed E-state index contributed by atoms with van der Waals surface area (Å²) in [5, 5.41) is 0. The van der Waals surface area contributed by atoms with E-state index in [0.29, 0.717) is 0 Å². The highest BCUT2D eigenvalue weighted by molar-refractivity contribution is 5.87. The molecule has 0 N–H and O–H groups in total. The summed E-state index contributed by atoms with van der Waals surface area (Å²) in [6.45, 7) is 11.4. The second-order valence-corrected chi connectivity index (χ2v) is 13.8. The number of anilines is 5. The quantitative estimate of drug-likeness (QED) is 0.176. The number of rotatable bonds is 7. The van der Waals surface area contributed by atoms with E-state index in [1.165, 1.54) is 51.1 Å². The lowest BCUT2D eigenvalue weighted by molar-refractivity contribution is 0.628. The van der Waals surface area contributed by atoms with Gasteiger partial charge in [-0.1, -0.05) is 100.0 Å². The van der Waals surface area contributed by atoms with E-state index in [1.807, 2.05) is 19.2 Å². The van der Waals surface area contributed by atoms with E-state index < -0.39 is 0 Å². The van der Waals surface area contributed by atoms with Crippen LogP contribution in [0.2, 0.25) is 0 Å². The van der Waals surface area contributed by atoms with Crippen molar-refractivity contribution in [1.82, 2.24) is 0 Å². The zero-order valence-electron chi connectivity index (χ0n) is 28.1. The molecule has 0 atom stereocenters. The van der Waals surface area contributed by atoms with E-state index in [4.69, 9.17) is 0 Å². The molecule has 0 fully saturated rings. The van der Waals surface area contributed by atoms with Gasteiger partial charge in [-0.25, -0.2) is 4.39 Å². The van der Waals surface area contributed by atoms with Crippen LogP contribution in [0.1, 0.15) is 55.5 Å². The number of hydrogen-bond donors (Lipinski definition) is 0. The Bertz CT molecular complexity index is 2040. The van der Waals surface area contributed by atoms with Crippen LogP contribution in [0.4, 0.5) is 32.8 Å². The van der Waals surface area contributed by atoms with Gasteiger partial charge in [-0.15, -0.1) is 0 Å². The van der Waals surface area contributed by atoms with Crippen LogP contribution in [-0.2, 0) is 10.8 Å². The number of aryl methyl sites for hydroxylation is 1. The summed E-state index contributed by atoms with van der Waals surface area (Å²) in [5.41, 5.74) is 14.1. The van der Waals surface area contributed by atoms with Gasteiger partial charge in [0.1, 0.15) is 5.82 Å². The Morgan fingerprint density at radius 3 is 1.60 bits per heavy atom. The summed E-state index contributed by atoms with van der Waals surface area (Å²) < 4.78 is 13.6. The van der Waals surface area contributed by atoms with Gasteiger partial charge in [0, 0.05) is 46.3 Å². The summed E-state index contributed by atoms with van der Waals surface area (Å²) in [4.78, 5) is 4.47. The molecule has 0 saturated carbocycles. The molecule has 2 nitrogen and oxygen atoms in total. The first kappa shape index (κ1) is 30.5. The third-order valence-corrected chi connectivity index (χ3v) is 10.1. The molecule has 0 amide bonds. The molecule has 1 aliphatic carbocycles. The molecule has 0 spiro atoms. The van der Waals surface area contributed by atoms with E-state index >= 15 is 0 Å². The zero-order chi connectivity index (χ0) is 32.9. The van der Waals surface area contributed by atoms with Crippen molar-refractivity contribution in [3.8, 4) is 11.1 Å². The van der Waals surface area contributed by atoms with Gasteiger partial charge >= 0.3 is 0 Å². The molecule has 0 heterocycles. The predicted molar refractivity (Wildman–Crippen MR) is 196 cm³/mol. The number of halogens is 1. The molecule has 234 valence electrons. The van der Waals surface area contributed by atoms with Crippen LogP contribution in [0.25, 0.3) is 11.1 Å². The SMILES string of the molecule is Cc1ccc(C(C)(C)c2ccc(N(c3ccccc3)c3ccc4c(c3)C(C)(C)c3cc(N(C)c5ccc(F)cc5)ccc3-4)cc2)cc1. The van der Waals surface area contributed by atoms with Crippen molar-refractivity contribution in [2.24, 2.45) is 0 Å². The fourth-order valence-corrected chi connectivity index (χ4v) is 7.06. The average molecular weight is 617 g/mol. The maximum Gasteiger partial charge on any atom is 0.123 e. The normalized spacial score (nSPS) is 13.2. The average Bonchev–Trinajstić information content (AvgIpc) is 3.31. The summed E-state index contributed by atoms with van der Waals surface area (Å²) in [6.07, 6.45) is 0. The van der Waals surface area contributed by atoms with Crippen LogP contribution in [0, 0.1) is 12.7 Å². The van der Waals surface area contributed by atoms with E-state index in [2.05, 4.69) is 160 Å². The highest BCUT2D eigenvalue weighted by Gasteiger charge is 2.36. The van der Waals surface area contributed by atoms with Gasteiger partial charge in [-0.3, -0.25) is 0 Å². The summed E-state index contributed by atoms with van der Waals surface area (Å²) in [5.74, 6) is -0.227. The highest BCUT2D eigenvalue weighted by Crippen LogP contribution is 2.52. The van der Waals surface area contributed by atoms with Gasteiger partial charge < -0.3 is 9.80 Å². The van der Waals surface area contributed by atoms with Crippen molar-refractivity contribution in [1.29, 1.82) is 0 Å². The molecule has 6 aromatic carbocycles. The third-order valence-electron chi connectivity index (χ3n) is 10.1. The van der Waals surface area contributed by atoms with Crippen molar-refractivity contribution < 1.29 is 4.39 Å². The van der Waals surface area contributed by atoms with E-state index in [0.717, 1.165) is 28.4 Å². The smallest absolute Gasteiger partial charge is 0.123 e. The minimum atomic E-state index is -0.227. The molecule has 0 unspecified atom stereocenters. The monoisotopic (exact) mass is 616 g/mol. The molecule has 0 aromatic heterocycles. The Morgan fingerprint density at radius 1 is 0.532 bits per heavy atom. The van der Waals surface area contributed by atoms with Gasteiger partial charge in [0.05, 0.1) is 0 Å². The molecule has 0 bridgehead atoms. The molecule has 6 aromatic rings. The predicted octanol–water partition coefficient (Wildman–Crippen LogP) is 12.0. The number of benzene rings is 6. The lowest BCUT2D eigenvalue weighted by atomic mass is 9.78. The molecular weight excluding hydrogens is 575 g/mol. The molecular formula is C44H41FN2. The largest absolute Gasteiger partial charge is 0.345 e. The van der Waals surface area contributed by atoms with Crippen molar-refractivity contribution in [3.63, 3.8) is 0 Å². The number of hydrogen-bond acceptors (Lipinski definition) is 2. The van der Waals surface area contributed by atoms with Crippen LogP contribution in [0.3, 0.4) is 0 Å². The van der Waals surface area contributed by atoms with Crippen molar-refractivity contribution in [3.05, 3.63) is 173 Å². The molecule has 0 saturated heterocycles. The minimum Gasteiger partial charge on any atom is -0.345 e. The van der Waals surface area contributed by atoms with E-state index in [9.17, 15) is 4.39 Å². The second kappa shape index (κ2) is 11.6. The van der Waals surface area contributed by atoms with Crippen LogP contribution in [-0.4, -0.2) is 7.05 Å². The first-order valence-electron chi connectivity index (χ1n) is 16.4. The van der Waals surface area contributed by atoms with Crippen molar-refractivity contribution >= 4 is 28.4 Å². The van der Waals surface area contributed by atoms with Crippen LogP contribution in [0.5, 0.6) is 0 Å². The Labute approximate surface area is 278 Å². The number of para-hydroxylation sites is 1. The maximum atomic E-state index is 13.6. The summed E-state index contributed by atoms with van der Waals surface area (Å²) >= 11 is 0. The molecule has 7 rings (SSSR count). The Morgan fingerprint density at radius 2 is 1.00 bits per heavy atom. The molecule has 3 heteroatoms. The van der Waals surface area contributed by atoms with Crippen molar-refractivity contribution in [2.45, 2.75) is 45.4 Å². The van der Waals surface area contributed by atoms with Crippen LogP contribution in [0.15, 0.2) is 140 Å². The third kappa shape index (κ3) is 5.40. The van der Waals surface area contributed by atoms with Gasteiger partial charge in [-0.2, -0.15) is 0 Å². The van der Waals surface area contributed by atoms with Gasteiger partial charge in [-0.05, 0) is 113 Å². The lowest BCUT2D eigenvalue weighted by Crippen LogP contribution is -2.19. The Balaban J connectivity index is 1.26. The zero-order valence-corrected chi connectivity index (χ0v) is 28.1. The topological polar surface area (TPSA) is 6.48 Å². The molecule has 1 aliphatic rings. The first-order valence-corrected chi connectivity index (χ1v) is 16.4. The fourth-order valence-electron chi connectivity index (χ4n) is 7.06. The molecule has 0 aliphatic heterocycles. The minimum absolute atomic E-state index is 0.114. The summed E-state index contributed by atoms with van der Waals surface area (Å²) in [7, 11) is 2.03. The molecule has 0 radical (unpaired) electrons. The number of nitrogens with zero attached hydrogens (tertiary/aromatic N) is 2.